The van der Waals surface area contributed by atoms with E-state index in [0.717, 1.165) is 5.69 Å². The predicted molar refractivity (Wildman–Crippen MR) is 95.6 cm³/mol. The third-order valence-corrected chi connectivity index (χ3v) is 3.94. The van der Waals surface area contributed by atoms with Gasteiger partial charge in [-0.25, -0.2) is 14.2 Å². The molecule has 0 aliphatic heterocycles. The molecule has 2 aromatic rings. The number of imidazole rings is 1. The van der Waals surface area contributed by atoms with E-state index in [-0.39, 0.29) is 23.9 Å². The lowest BCUT2D eigenvalue weighted by atomic mass is 10.0. The molecule has 0 bridgehead atoms. The molecule has 1 atom stereocenters. The van der Waals surface area contributed by atoms with Crippen molar-refractivity contribution < 1.29 is 14.3 Å². The Bertz CT molecular complexity index is 744. The van der Waals surface area contributed by atoms with Crippen molar-refractivity contribution in [1.29, 1.82) is 0 Å². The average Bonchev–Trinajstić information content (AvgIpc) is 2.92. The van der Waals surface area contributed by atoms with Gasteiger partial charge in [-0.1, -0.05) is 13.0 Å². The molecular formula is C17H19Cl2FN2O2. The van der Waals surface area contributed by atoms with Gasteiger partial charge in [0, 0.05) is 17.6 Å². The molecule has 1 aromatic carbocycles. The second kappa shape index (κ2) is 8.85. The monoisotopic (exact) mass is 372 g/mol. The van der Waals surface area contributed by atoms with E-state index in [9.17, 15) is 14.3 Å². The van der Waals surface area contributed by atoms with Gasteiger partial charge in [-0.05, 0) is 43.0 Å². The Hall–Kier alpha value is -1.85. The second-order valence-corrected chi connectivity index (χ2v) is 5.88. The van der Waals surface area contributed by atoms with Crippen LogP contribution in [0.25, 0.3) is 11.8 Å². The molecule has 0 saturated heterocycles. The van der Waals surface area contributed by atoms with Gasteiger partial charge < -0.3 is 9.67 Å². The number of aliphatic carboxylic acids is 1. The first kappa shape index (κ1) is 20.2. The number of hydrogen-bond donors (Lipinski definition) is 1. The van der Waals surface area contributed by atoms with Gasteiger partial charge in [0.2, 0.25) is 0 Å². The molecule has 0 radical (unpaired) electrons. The number of halogens is 3. The van der Waals surface area contributed by atoms with Crippen LogP contribution in [0.15, 0.2) is 36.3 Å². The number of rotatable bonds is 6. The fraction of sp³-hybridized carbons (Fsp3) is 0.294. The van der Waals surface area contributed by atoms with Crippen molar-refractivity contribution in [3.05, 3.63) is 53.4 Å². The van der Waals surface area contributed by atoms with Crippen molar-refractivity contribution >= 4 is 36.1 Å². The minimum atomic E-state index is -1.02. The molecule has 2 rings (SSSR count). The molecule has 0 saturated carbocycles. The molecule has 0 aliphatic carbocycles. The zero-order valence-corrected chi connectivity index (χ0v) is 14.9. The summed E-state index contributed by atoms with van der Waals surface area (Å²) in [4.78, 5) is 15.4. The van der Waals surface area contributed by atoms with E-state index in [1.54, 1.807) is 22.9 Å². The Balaban J connectivity index is 0.00000288. The van der Waals surface area contributed by atoms with Crippen LogP contribution >= 0.6 is 24.0 Å². The lowest BCUT2D eigenvalue weighted by molar-refractivity contribution is -0.132. The standard InChI is InChI=1S/C17H18ClFN2O2.ClH/c1-11(8-18)5-14(17(22)23)6-13-3-4-16(15(19)7-13)21-9-12(2)20-10-21;/h3-4,6-7,9-11H,5,8H2,1-2H3,(H,22,23);1H/t11-;/m0./s1. The molecule has 130 valence electrons. The predicted octanol–water partition coefficient (Wildman–Crippen LogP) is 4.47. The van der Waals surface area contributed by atoms with Crippen molar-refractivity contribution in [2.24, 2.45) is 5.92 Å². The zero-order valence-electron chi connectivity index (χ0n) is 13.4. The van der Waals surface area contributed by atoms with Crippen molar-refractivity contribution in [3.63, 3.8) is 0 Å². The fourth-order valence-electron chi connectivity index (χ4n) is 2.21. The van der Waals surface area contributed by atoms with Crippen molar-refractivity contribution in [3.8, 4) is 5.69 Å². The number of carbonyl (C=O) groups is 1. The van der Waals surface area contributed by atoms with Gasteiger partial charge in [0.15, 0.2) is 0 Å². The van der Waals surface area contributed by atoms with Gasteiger partial charge in [0.25, 0.3) is 0 Å². The van der Waals surface area contributed by atoms with E-state index in [0.29, 0.717) is 23.6 Å². The van der Waals surface area contributed by atoms with Crippen LogP contribution in [-0.2, 0) is 4.79 Å². The summed E-state index contributed by atoms with van der Waals surface area (Å²) in [6, 6.07) is 4.60. The zero-order chi connectivity index (χ0) is 17.0. The number of aromatic nitrogens is 2. The van der Waals surface area contributed by atoms with E-state index >= 15 is 0 Å². The highest BCUT2D eigenvalue weighted by atomic mass is 35.5. The Morgan fingerprint density at radius 3 is 2.71 bits per heavy atom. The van der Waals surface area contributed by atoms with E-state index in [1.807, 2.05) is 13.8 Å². The lowest BCUT2D eigenvalue weighted by Crippen LogP contribution is -2.07. The highest BCUT2D eigenvalue weighted by Crippen LogP contribution is 2.20. The summed E-state index contributed by atoms with van der Waals surface area (Å²) in [5.41, 5.74) is 1.87. The van der Waals surface area contributed by atoms with Gasteiger partial charge >= 0.3 is 5.97 Å². The molecule has 0 amide bonds. The summed E-state index contributed by atoms with van der Waals surface area (Å²) in [5, 5.41) is 9.27. The van der Waals surface area contributed by atoms with Gasteiger partial charge in [-0.3, -0.25) is 0 Å². The fourth-order valence-corrected chi connectivity index (χ4v) is 2.32. The van der Waals surface area contributed by atoms with Crippen LogP contribution in [-0.4, -0.2) is 26.5 Å². The van der Waals surface area contributed by atoms with Crippen LogP contribution in [0.1, 0.15) is 24.6 Å². The minimum absolute atomic E-state index is 0. The summed E-state index contributed by atoms with van der Waals surface area (Å²) < 4.78 is 15.9. The highest BCUT2D eigenvalue weighted by Gasteiger charge is 2.13. The topological polar surface area (TPSA) is 55.1 Å². The summed E-state index contributed by atoms with van der Waals surface area (Å²) in [6.07, 6.45) is 5.08. The Kier molecular flexibility index (Phi) is 7.45. The van der Waals surface area contributed by atoms with E-state index in [1.165, 1.54) is 18.5 Å². The summed E-state index contributed by atoms with van der Waals surface area (Å²) in [7, 11) is 0. The highest BCUT2D eigenvalue weighted by molar-refractivity contribution is 6.18. The number of carboxylic acid groups (broad SMARTS) is 1. The lowest BCUT2D eigenvalue weighted by Gasteiger charge is -2.09. The van der Waals surface area contributed by atoms with Crippen molar-refractivity contribution in [2.75, 3.05) is 5.88 Å². The maximum absolute atomic E-state index is 14.3. The average molecular weight is 373 g/mol. The van der Waals surface area contributed by atoms with E-state index < -0.39 is 11.8 Å². The number of benzene rings is 1. The molecule has 1 heterocycles. The van der Waals surface area contributed by atoms with Crippen LogP contribution in [0.4, 0.5) is 4.39 Å². The molecular weight excluding hydrogens is 354 g/mol. The first-order valence-electron chi connectivity index (χ1n) is 7.21. The summed E-state index contributed by atoms with van der Waals surface area (Å²) in [6.45, 7) is 3.69. The van der Waals surface area contributed by atoms with Crippen LogP contribution in [0.2, 0.25) is 0 Å². The summed E-state index contributed by atoms with van der Waals surface area (Å²) in [5.74, 6) is -1.04. The third-order valence-electron chi connectivity index (χ3n) is 3.41. The first-order chi connectivity index (χ1) is 10.9. The van der Waals surface area contributed by atoms with Crippen LogP contribution < -0.4 is 0 Å². The third kappa shape index (κ3) is 5.08. The molecule has 0 unspecified atom stereocenters. The molecule has 24 heavy (non-hydrogen) atoms. The van der Waals surface area contributed by atoms with Crippen LogP contribution in [0, 0.1) is 18.7 Å². The number of aryl methyl sites for hydroxylation is 1. The molecule has 1 N–H and O–H groups in total. The number of carboxylic acids is 1. The van der Waals surface area contributed by atoms with Gasteiger partial charge in [-0.2, -0.15) is 0 Å². The second-order valence-electron chi connectivity index (χ2n) is 5.57. The van der Waals surface area contributed by atoms with E-state index in [2.05, 4.69) is 4.98 Å². The molecule has 4 nitrogen and oxygen atoms in total. The van der Waals surface area contributed by atoms with Gasteiger partial charge in [-0.15, -0.1) is 24.0 Å². The number of alkyl halides is 1. The molecule has 0 spiro atoms. The van der Waals surface area contributed by atoms with Crippen LogP contribution in [0.5, 0.6) is 0 Å². The number of hydrogen-bond acceptors (Lipinski definition) is 2. The Morgan fingerprint density at radius 1 is 1.50 bits per heavy atom. The Labute approximate surface area is 151 Å². The van der Waals surface area contributed by atoms with Crippen LogP contribution in [0.3, 0.4) is 0 Å². The maximum Gasteiger partial charge on any atom is 0.331 e. The van der Waals surface area contributed by atoms with Gasteiger partial charge in [0.05, 0.1) is 17.7 Å². The normalized spacial score (nSPS) is 12.6. The molecule has 7 heteroatoms. The van der Waals surface area contributed by atoms with Crippen molar-refractivity contribution in [2.45, 2.75) is 20.3 Å². The quantitative estimate of drug-likeness (QED) is 0.600. The molecule has 1 aromatic heterocycles. The maximum atomic E-state index is 14.3. The smallest absolute Gasteiger partial charge is 0.331 e. The van der Waals surface area contributed by atoms with Crippen molar-refractivity contribution in [1.82, 2.24) is 9.55 Å². The number of nitrogens with zero attached hydrogens (tertiary/aromatic N) is 2. The van der Waals surface area contributed by atoms with E-state index in [4.69, 9.17) is 11.6 Å². The van der Waals surface area contributed by atoms with Gasteiger partial charge in [0.1, 0.15) is 5.82 Å². The molecule has 0 aliphatic rings. The summed E-state index contributed by atoms with van der Waals surface area (Å²) >= 11 is 5.73. The molecule has 0 fully saturated rings. The largest absolute Gasteiger partial charge is 0.478 e. The SMILES string of the molecule is Cc1cn(-c2ccc(C=C(C[C@H](C)CCl)C(=O)O)cc2F)cn1.Cl. The minimum Gasteiger partial charge on any atom is -0.478 e. The Morgan fingerprint density at radius 2 is 2.21 bits per heavy atom. The first-order valence-corrected chi connectivity index (χ1v) is 7.74.